The Morgan fingerprint density at radius 3 is 2.71 bits per heavy atom. The van der Waals surface area contributed by atoms with Crippen LogP contribution in [0.3, 0.4) is 0 Å². The number of hydrogen-bond donors (Lipinski definition) is 1. The number of aliphatic hydroxyl groups excluding tert-OH is 1. The number of benzene rings is 1. The third kappa shape index (κ3) is 1.66. The van der Waals surface area contributed by atoms with E-state index in [4.69, 9.17) is 5.11 Å². The summed E-state index contributed by atoms with van der Waals surface area (Å²) in [5.41, 5.74) is 1.53. The molecule has 5 nitrogen and oxygen atoms in total. The second kappa shape index (κ2) is 3.95. The lowest BCUT2D eigenvalue weighted by molar-refractivity contribution is 0.276. The van der Waals surface area contributed by atoms with Gasteiger partial charge in [0.15, 0.2) is 5.82 Å². The van der Waals surface area contributed by atoms with E-state index in [-0.39, 0.29) is 6.61 Å². The molecular weight excluding hydrogens is 216 g/mol. The Morgan fingerprint density at radius 1 is 1.06 bits per heavy atom. The van der Waals surface area contributed by atoms with Crippen molar-refractivity contribution in [3.63, 3.8) is 0 Å². The summed E-state index contributed by atoms with van der Waals surface area (Å²) >= 11 is 0. The van der Waals surface area contributed by atoms with Crippen molar-refractivity contribution in [1.29, 1.82) is 0 Å². The van der Waals surface area contributed by atoms with Crippen LogP contribution in [0.25, 0.3) is 16.7 Å². The van der Waals surface area contributed by atoms with E-state index in [1.807, 2.05) is 24.3 Å². The average molecular weight is 226 g/mol. The quantitative estimate of drug-likeness (QED) is 0.715. The third-order valence-corrected chi connectivity index (χ3v) is 2.55. The first-order valence-corrected chi connectivity index (χ1v) is 5.23. The molecule has 0 saturated carbocycles. The molecular formula is C12H10N4O. The summed E-state index contributed by atoms with van der Waals surface area (Å²) in [6, 6.07) is 7.89. The maximum atomic E-state index is 8.91. The number of aliphatic hydroxyl groups is 1. The number of hydrogen-bond acceptors (Lipinski definition) is 4. The number of para-hydroxylation sites is 1. The Balaban J connectivity index is 2.13. The molecule has 0 radical (unpaired) electrons. The lowest BCUT2D eigenvalue weighted by Crippen LogP contribution is -2.01. The van der Waals surface area contributed by atoms with Gasteiger partial charge < -0.3 is 5.11 Å². The van der Waals surface area contributed by atoms with Gasteiger partial charge in [-0.2, -0.15) is 5.10 Å². The van der Waals surface area contributed by atoms with E-state index in [1.165, 1.54) is 0 Å². The molecule has 3 rings (SSSR count). The molecule has 2 aromatic heterocycles. The summed E-state index contributed by atoms with van der Waals surface area (Å²) in [5, 5.41) is 14.2. The molecule has 0 saturated heterocycles. The highest BCUT2D eigenvalue weighted by molar-refractivity contribution is 5.79. The van der Waals surface area contributed by atoms with Crippen LogP contribution in [0.2, 0.25) is 0 Å². The Labute approximate surface area is 97.4 Å². The van der Waals surface area contributed by atoms with Crippen LogP contribution >= 0.6 is 0 Å². The van der Waals surface area contributed by atoms with Gasteiger partial charge in [-0.05, 0) is 6.07 Å². The van der Waals surface area contributed by atoms with Crippen molar-refractivity contribution in [3.05, 3.63) is 48.5 Å². The van der Waals surface area contributed by atoms with Gasteiger partial charge in [0, 0.05) is 5.39 Å². The number of rotatable bonds is 2. The van der Waals surface area contributed by atoms with Gasteiger partial charge in [-0.25, -0.2) is 9.67 Å². The molecule has 3 aromatic rings. The Kier molecular flexibility index (Phi) is 2.31. The van der Waals surface area contributed by atoms with E-state index in [9.17, 15) is 0 Å². The summed E-state index contributed by atoms with van der Waals surface area (Å²) in [4.78, 5) is 8.31. The van der Waals surface area contributed by atoms with E-state index < -0.39 is 0 Å². The molecule has 0 aliphatic heterocycles. The van der Waals surface area contributed by atoms with Crippen molar-refractivity contribution < 1.29 is 5.11 Å². The molecule has 2 heterocycles. The van der Waals surface area contributed by atoms with Gasteiger partial charge in [0.05, 0.1) is 36.4 Å². The standard InChI is InChI=1S/C12H10N4O/c17-8-10-6-14-12(7-13-10)16-11-4-2-1-3-9(11)5-15-16/h1-7,17H,8H2. The second-order valence-electron chi connectivity index (χ2n) is 3.64. The van der Waals surface area contributed by atoms with E-state index in [0.717, 1.165) is 10.9 Å². The highest BCUT2D eigenvalue weighted by Gasteiger charge is 2.05. The number of nitrogens with zero attached hydrogens (tertiary/aromatic N) is 4. The number of aromatic nitrogens is 4. The summed E-state index contributed by atoms with van der Waals surface area (Å²) < 4.78 is 1.73. The maximum absolute atomic E-state index is 8.91. The minimum absolute atomic E-state index is 0.104. The molecule has 0 unspecified atom stereocenters. The fraction of sp³-hybridized carbons (Fsp3) is 0.0833. The molecule has 17 heavy (non-hydrogen) atoms. The molecule has 0 fully saturated rings. The van der Waals surface area contributed by atoms with Crippen LogP contribution in [0.15, 0.2) is 42.9 Å². The van der Waals surface area contributed by atoms with Gasteiger partial charge in [0.2, 0.25) is 0 Å². The van der Waals surface area contributed by atoms with Crippen molar-refractivity contribution in [1.82, 2.24) is 19.7 Å². The van der Waals surface area contributed by atoms with Gasteiger partial charge >= 0.3 is 0 Å². The highest BCUT2D eigenvalue weighted by Crippen LogP contribution is 2.15. The van der Waals surface area contributed by atoms with Crippen LogP contribution in [0, 0.1) is 0 Å². The molecule has 0 bridgehead atoms. The van der Waals surface area contributed by atoms with Crippen molar-refractivity contribution in [3.8, 4) is 5.82 Å². The Bertz CT molecular complexity index is 645. The van der Waals surface area contributed by atoms with E-state index in [0.29, 0.717) is 11.5 Å². The number of fused-ring (bicyclic) bond motifs is 1. The second-order valence-corrected chi connectivity index (χ2v) is 3.64. The minimum atomic E-state index is -0.104. The van der Waals surface area contributed by atoms with E-state index >= 15 is 0 Å². The predicted octanol–water partition coefficient (Wildman–Crippen LogP) is 1.31. The van der Waals surface area contributed by atoms with Gasteiger partial charge in [-0.15, -0.1) is 0 Å². The fourth-order valence-electron chi connectivity index (χ4n) is 1.69. The SMILES string of the molecule is OCc1cnc(-n2ncc3ccccc32)cn1. The first-order chi connectivity index (χ1) is 8.38. The minimum Gasteiger partial charge on any atom is -0.390 e. The first-order valence-electron chi connectivity index (χ1n) is 5.23. The van der Waals surface area contributed by atoms with Crippen LogP contribution in [0.5, 0.6) is 0 Å². The van der Waals surface area contributed by atoms with Gasteiger partial charge in [-0.3, -0.25) is 4.98 Å². The summed E-state index contributed by atoms with van der Waals surface area (Å²) in [5.74, 6) is 0.642. The normalized spacial score (nSPS) is 10.9. The molecule has 0 spiro atoms. The van der Waals surface area contributed by atoms with Crippen LogP contribution in [0.4, 0.5) is 0 Å². The average Bonchev–Trinajstić information content (AvgIpc) is 2.83. The highest BCUT2D eigenvalue weighted by atomic mass is 16.3. The maximum Gasteiger partial charge on any atom is 0.172 e. The van der Waals surface area contributed by atoms with Crippen molar-refractivity contribution in [2.75, 3.05) is 0 Å². The third-order valence-electron chi connectivity index (χ3n) is 2.55. The smallest absolute Gasteiger partial charge is 0.172 e. The Morgan fingerprint density at radius 2 is 1.94 bits per heavy atom. The van der Waals surface area contributed by atoms with E-state index in [2.05, 4.69) is 15.1 Å². The van der Waals surface area contributed by atoms with Crippen molar-refractivity contribution >= 4 is 10.9 Å². The zero-order valence-corrected chi connectivity index (χ0v) is 8.98. The lowest BCUT2D eigenvalue weighted by atomic mass is 10.3. The molecule has 0 amide bonds. The van der Waals surface area contributed by atoms with Gasteiger partial charge in [-0.1, -0.05) is 18.2 Å². The zero-order chi connectivity index (χ0) is 11.7. The predicted molar refractivity (Wildman–Crippen MR) is 62.6 cm³/mol. The molecule has 1 aromatic carbocycles. The molecule has 0 atom stereocenters. The topological polar surface area (TPSA) is 63.8 Å². The molecule has 0 aliphatic carbocycles. The summed E-state index contributed by atoms with van der Waals surface area (Å²) in [7, 11) is 0. The van der Waals surface area contributed by atoms with Crippen LogP contribution in [0.1, 0.15) is 5.69 Å². The monoisotopic (exact) mass is 226 g/mol. The zero-order valence-electron chi connectivity index (χ0n) is 8.98. The van der Waals surface area contributed by atoms with Crippen molar-refractivity contribution in [2.24, 2.45) is 0 Å². The summed E-state index contributed by atoms with van der Waals surface area (Å²) in [6.07, 6.45) is 4.94. The van der Waals surface area contributed by atoms with Crippen LogP contribution in [-0.2, 0) is 6.61 Å². The lowest BCUT2D eigenvalue weighted by Gasteiger charge is -2.02. The molecule has 0 aliphatic rings. The fourth-order valence-corrected chi connectivity index (χ4v) is 1.69. The van der Waals surface area contributed by atoms with Crippen molar-refractivity contribution in [2.45, 2.75) is 6.61 Å². The Hall–Kier alpha value is -2.27. The molecule has 5 heteroatoms. The van der Waals surface area contributed by atoms with Gasteiger partial charge in [0.25, 0.3) is 0 Å². The summed E-state index contributed by atoms with van der Waals surface area (Å²) in [6.45, 7) is -0.104. The van der Waals surface area contributed by atoms with E-state index in [1.54, 1.807) is 23.3 Å². The largest absolute Gasteiger partial charge is 0.390 e. The van der Waals surface area contributed by atoms with Gasteiger partial charge in [0.1, 0.15) is 0 Å². The molecule has 84 valence electrons. The van der Waals surface area contributed by atoms with Crippen LogP contribution in [-0.4, -0.2) is 24.9 Å². The first kappa shape index (κ1) is 9.92. The molecule has 1 N–H and O–H groups in total. The van der Waals surface area contributed by atoms with Crippen LogP contribution < -0.4 is 0 Å².